The third-order valence-electron chi connectivity index (χ3n) is 3.48. The van der Waals surface area contributed by atoms with Gasteiger partial charge in [-0.1, -0.05) is 6.07 Å². The highest BCUT2D eigenvalue weighted by Gasteiger charge is 2.30. The average Bonchev–Trinajstić information content (AvgIpc) is 3.18. The number of rotatable bonds is 5. The van der Waals surface area contributed by atoms with Crippen molar-refractivity contribution < 1.29 is 17.9 Å². The van der Waals surface area contributed by atoms with Crippen LogP contribution in [-0.2, 0) is 13.8 Å². The SMILES string of the molecule is Cc1cc(C)c(OCC(=O)N(C)C2CC2)c(S(=O)(=O)Cl)c1. The highest BCUT2D eigenvalue weighted by Crippen LogP contribution is 2.32. The average molecular weight is 332 g/mol. The van der Waals surface area contributed by atoms with E-state index < -0.39 is 9.05 Å². The largest absolute Gasteiger partial charge is 0.482 e. The number of benzene rings is 1. The Bertz CT molecular complexity index is 668. The van der Waals surface area contributed by atoms with Crippen LogP contribution in [0.1, 0.15) is 24.0 Å². The van der Waals surface area contributed by atoms with Crippen molar-refractivity contribution in [2.24, 2.45) is 0 Å². The molecule has 0 atom stereocenters. The number of hydrogen-bond acceptors (Lipinski definition) is 4. The summed E-state index contributed by atoms with van der Waals surface area (Å²) < 4.78 is 28.7. The molecule has 0 aromatic heterocycles. The molecule has 0 radical (unpaired) electrons. The number of hydrogen-bond donors (Lipinski definition) is 0. The molecule has 1 aliphatic rings. The first kappa shape index (κ1) is 16.1. The van der Waals surface area contributed by atoms with Crippen LogP contribution in [0.2, 0.25) is 0 Å². The van der Waals surface area contributed by atoms with Gasteiger partial charge in [-0.25, -0.2) is 8.42 Å². The number of carbonyl (C=O) groups excluding carboxylic acids is 1. The fraction of sp³-hybridized carbons (Fsp3) is 0.500. The van der Waals surface area contributed by atoms with Gasteiger partial charge in [-0.05, 0) is 43.9 Å². The first-order valence-electron chi connectivity index (χ1n) is 6.64. The van der Waals surface area contributed by atoms with Crippen LogP contribution in [0.5, 0.6) is 5.75 Å². The predicted octanol–water partition coefficient (Wildman–Crippen LogP) is 2.23. The zero-order valence-corrected chi connectivity index (χ0v) is 13.8. The minimum Gasteiger partial charge on any atom is -0.482 e. The van der Waals surface area contributed by atoms with Gasteiger partial charge in [0, 0.05) is 23.8 Å². The Labute approximate surface area is 129 Å². The van der Waals surface area contributed by atoms with Gasteiger partial charge >= 0.3 is 0 Å². The van der Waals surface area contributed by atoms with Gasteiger partial charge in [-0.2, -0.15) is 0 Å². The maximum Gasteiger partial charge on any atom is 0.265 e. The fourth-order valence-electron chi connectivity index (χ4n) is 2.18. The number of likely N-dealkylation sites (N-methyl/N-ethyl adjacent to an activating group) is 1. The summed E-state index contributed by atoms with van der Waals surface area (Å²) in [4.78, 5) is 13.5. The van der Waals surface area contributed by atoms with E-state index in [-0.39, 0.29) is 29.2 Å². The molecule has 0 heterocycles. The lowest BCUT2D eigenvalue weighted by Gasteiger charge is -2.18. The van der Waals surface area contributed by atoms with Crippen LogP contribution in [-0.4, -0.2) is 38.9 Å². The molecule has 1 amide bonds. The van der Waals surface area contributed by atoms with Gasteiger partial charge < -0.3 is 9.64 Å². The molecule has 2 rings (SSSR count). The van der Waals surface area contributed by atoms with Crippen molar-refractivity contribution in [2.75, 3.05) is 13.7 Å². The maximum absolute atomic E-state index is 12.0. The molecule has 0 N–H and O–H groups in total. The Balaban J connectivity index is 2.21. The van der Waals surface area contributed by atoms with Crippen LogP contribution in [0.25, 0.3) is 0 Å². The lowest BCUT2D eigenvalue weighted by molar-refractivity contribution is -0.132. The highest BCUT2D eigenvalue weighted by molar-refractivity contribution is 8.13. The van der Waals surface area contributed by atoms with Gasteiger partial charge in [0.15, 0.2) is 6.61 Å². The zero-order valence-electron chi connectivity index (χ0n) is 12.2. The van der Waals surface area contributed by atoms with Crippen LogP contribution in [0.4, 0.5) is 0 Å². The molecule has 0 aliphatic heterocycles. The molecule has 1 aliphatic carbocycles. The van der Waals surface area contributed by atoms with E-state index in [2.05, 4.69) is 0 Å². The molecule has 0 bridgehead atoms. The monoisotopic (exact) mass is 331 g/mol. The number of ether oxygens (including phenoxy) is 1. The first-order chi connectivity index (χ1) is 9.70. The molecule has 5 nitrogen and oxygen atoms in total. The molecule has 21 heavy (non-hydrogen) atoms. The second-order valence-electron chi connectivity index (χ2n) is 5.37. The molecule has 0 spiro atoms. The van der Waals surface area contributed by atoms with Crippen LogP contribution in [0.3, 0.4) is 0 Å². The third kappa shape index (κ3) is 3.89. The van der Waals surface area contributed by atoms with Crippen molar-refractivity contribution in [3.8, 4) is 5.75 Å². The molecular weight excluding hydrogens is 314 g/mol. The van der Waals surface area contributed by atoms with E-state index in [1.165, 1.54) is 6.07 Å². The minimum absolute atomic E-state index is 0.0939. The van der Waals surface area contributed by atoms with Gasteiger partial charge in [0.05, 0.1) is 0 Å². The lowest BCUT2D eigenvalue weighted by atomic mass is 10.1. The summed E-state index contributed by atoms with van der Waals surface area (Å²) in [6, 6.07) is 3.52. The number of carbonyl (C=O) groups is 1. The molecule has 7 heteroatoms. The Morgan fingerprint density at radius 1 is 1.38 bits per heavy atom. The minimum atomic E-state index is -3.93. The van der Waals surface area contributed by atoms with Gasteiger partial charge in [0.2, 0.25) is 0 Å². The number of aryl methyl sites for hydroxylation is 2. The molecule has 1 fully saturated rings. The van der Waals surface area contributed by atoms with Crippen LogP contribution in [0.15, 0.2) is 17.0 Å². The summed E-state index contributed by atoms with van der Waals surface area (Å²) in [5, 5.41) is 0. The smallest absolute Gasteiger partial charge is 0.265 e. The highest BCUT2D eigenvalue weighted by atomic mass is 35.7. The van der Waals surface area contributed by atoms with Gasteiger partial charge in [-0.3, -0.25) is 4.79 Å². The molecule has 0 saturated heterocycles. The van der Waals surface area contributed by atoms with Crippen molar-refractivity contribution >= 4 is 25.6 Å². The number of amides is 1. The second kappa shape index (κ2) is 5.85. The van der Waals surface area contributed by atoms with Crippen LogP contribution < -0.4 is 4.74 Å². The topological polar surface area (TPSA) is 63.7 Å². The summed E-state index contributed by atoms with van der Waals surface area (Å²) in [6.07, 6.45) is 2.01. The molecule has 116 valence electrons. The standard InChI is InChI=1S/C14H18ClNO4S/c1-9-6-10(2)14(12(7-9)21(15,18)19)20-8-13(17)16(3)11-4-5-11/h6-7,11H,4-5,8H2,1-3H3. The molecular formula is C14H18ClNO4S. The van der Waals surface area contributed by atoms with Crippen molar-refractivity contribution in [3.63, 3.8) is 0 Å². The van der Waals surface area contributed by atoms with Crippen molar-refractivity contribution in [2.45, 2.75) is 37.6 Å². The maximum atomic E-state index is 12.0. The Hall–Kier alpha value is -1.27. The first-order valence-corrected chi connectivity index (χ1v) is 8.95. The van der Waals surface area contributed by atoms with Gasteiger partial charge in [0.1, 0.15) is 10.6 Å². The van der Waals surface area contributed by atoms with E-state index >= 15 is 0 Å². The Morgan fingerprint density at radius 2 is 2.00 bits per heavy atom. The number of nitrogens with zero attached hydrogens (tertiary/aromatic N) is 1. The van der Waals surface area contributed by atoms with Crippen molar-refractivity contribution in [1.29, 1.82) is 0 Å². The van der Waals surface area contributed by atoms with Gasteiger partial charge in [0.25, 0.3) is 15.0 Å². The quantitative estimate of drug-likeness (QED) is 0.776. The Morgan fingerprint density at radius 3 is 2.52 bits per heavy atom. The summed E-state index contributed by atoms with van der Waals surface area (Å²) in [5.41, 5.74) is 1.40. The summed E-state index contributed by atoms with van der Waals surface area (Å²) >= 11 is 0. The van der Waals surface area contributed by atoms with E-state index in [9.17, 15) is 13.2 Å². The van der Waals surface area contributed by atoms with Crippen LogP contribution in [0, 0.1) is 13.8 Å². The predicted molar refractivity (Wildman–Crippen MR) is 80.2 cm³/mol. The lowest BCUT2D eigenvalue weighted by Crippen LogP contribution is -2.33. The van der Waals surface area contributed by atoms with E-state index in [1.54, 1.807) is 31.9 Å². The second-order valence-corrected chi connectivity index (χ2v) is 7.91. The third-order valence-corrected chi connectivity index (χ3v) is 4.80. The van der Waals surface area contributed by atoms with E-state index in [0.29, 0.717) is 5.56 Å². The molecule has 1 aromatic carbocycles. The van der Waals surface area contributed by atoms with Gasteiger partial charge in [-0.15, -0.1) is 0 Å². The normalized spacial score (nSPS) is 14.9. The Kier molecular flexibility index (Phi) is 4.49. The number of halogens is 1. The summed E-state index contributed by atoms with van der Waals surface area (Å²) in [6.45, 7) is 3.30. The van der Waals surface area contributed by atoms with Crippen molar-refractivity contribution in [3.05, 3.63) is 23.3 Å². The van der Waals surface area contributed by atoms with E-state index in [4.69, 9.17) is 15.4 Å². The van der Waals surface area contributed by atoms with Crippen molar-refractivity contribution in [1.82, 2.24) is 4.90 Å². The summed E-state index contributed by atoms with van der Waals surface area (Å²) in [5.74, 6) is -0.0245. The molecule has 0 unspecified atom stereocenters. The van der Waals surface area contributed by atoms with E-state index in [1.807, 2.05) is 0 Å². The van der Waals surface area contributed by atoms with E-state index in [0.717, 1.165) is 18.4 Å². The fourth-order valence-corrected chi connectivity index (χ4v) is 3.29. The zero-order chi connectivity index (χ0) is 15.8. The molecule has 1 saturated carbocycles. The molecule has 1 aromatic rings. The summed E-state index contributed by atoms with van der Waals surface area (Å²) in [7, 11) is 3.24. The van der Waals surface area contributed by atoms with Crippen LogP contribution >= 0.6 is 10.7 Å².